The summed E-state index contributed by atoms with van der Waals surface area (Å²) in [5, 5.41) is 2.76. The molecule has 8 heteroatoms. The number of hydrogen-bond acceptors (Lipinski definition) is 6. The summed E-state index contributed by atoms with van der Waals surface area (Å²) in [5.41, 5.74) is 6.99. The van der Waals surface area contributed by atoms with Gasteiger partial charge >= 0.3 is 0 Å². The summed E-state index contributed by atoms with van der Waals surface area (Å²) < 4.78 is 6.86. The topological polar surface area (TPSA) is 108 Å². The number of amides is 1. The van der Waals surface area contributed by atoms with Gasteiger partial charge in [-0.25, -0.2) is 9.97 Å². The Balaban J connectivity index is 2.17. The molecule has 0 aliphatic carbocycles. The number of carbonyl (C=O) groups is 1. The molecule has 1 unspecified atom stereocenters. The number of aromatic nitrogens is 4. The van der Waals surface area contributed by atoms with Gasteiger partial charge in [-0.3, -0.25) is 9.36 Å². The number of imidazole rings is 1. The number of fused-ring (bicyclic) bond motifs is 1. The molecule has 3 N–H and O–H groups in total. The first-order valence-corrected chi connectivity index (χ1v) is 5.50. The van der Waals surface area contributed by atoms with E-state index < -0.39 is 0 Å². The Kier molecular flexibility index (Phi) is 2.29. The molecule has 18 heavy (non-hydrogen) atoms. The van der Waals surface area contributed by atoms with E-state index in [0.29, 0.717) is 36.0 Å². The number of nitrogens with one attached hydrogen (secondary N) is 1. The molecule has 3 heterocycles. The molecule has 0 bridgehead atoms. The van der Waals surface area contributed by atoms with Crippen molar-refractivity contribution in [3.63, 3.8) is 0 Å². The van der Waals surface area contributed by atoms with Crippen molar-refractivity contribution in [2.24, 2.45) is 0 Å². The molecule has 2 aromatic heterocycles. The van der Waals surface area contributed by atoms with Gasteiger partial charge in [0.05, 0.1) is 13.2 Å². The van der Waals surface area contributed by atoms with Gasteiger partial charge < -0.3 is 15.8 Å². The summed E-state index contributed by atoms with van der Waals surface area (Å²) in [6, 6.07) is -0.0675. The van der Waals surface area contributed by atoms with Crippen LogP contribution < -0.4 is 15.8 Å². The first-order chi connectivity index (χ1) is 8.70. The number of nitrogens with two attached hydrogens (primary N) is 1. The minimum Gasteiger partial charge on any atom is -0.479 e. The lowest BCUT2D eigenvalue weighted by molar-refractivity contribution is -0.119. The Hall–Kier alpha value is -2.38. The molecular weight excluding hydrogens is 236 g/mol. The summed E-state index contributed by atoms with van der Waals surface area (Å²) in [6.07, 6.45) is 1.77. The zero-order valence-electron chi connectivity index (χ0n) is 9.75. The molecule has 0 aromatic carbocycles. The Morgan fingerprint density at radius 2 is 2.39 bits per heavy atom. The van der Waals surface area contributed by atoms with Crippen LogP contribution in [0.25, 0.3) is 11.2 Å². The van der Waals surface area contributed by atoms with E-state index in [4.69, 9.17) is 10.5 Å². The first-order valence-electron chi connectivity index (χ1n) is 5.50. The quantitative estimate of drug-likeness (QED) is 0.740. The summed E-state index contributed by atoms with van der Waals surface area (Å²) in [7, 11) is 1.51. The van der Waals surface area contributed by atoms with Crippen LogP contribution in [-0.4, -0.2) is 39.1 Å². The highest BCUT2D eigenvalue weighted by Gasteiger charge is 2.27. The maximum atomic E-state index is 11.3. The van der Waals surface area contributed by atoms with Crippen molar-refractivity contribution in [2.45, 2.75) is 12.5 Å². The molecule has 1 aliphatic rings. The van der Waals surface area contributed by atoms with Crippen LogP contribution in [-0.2, 0) is 4.79 Å². The van der Waals surface area contributed by atoms with Crippen molar-refractivity contribution in [3.8, 4) is 5.88 Å². The monoisotopic (exact) mass is 248 g/mol. The number of methoxy groups -OCH3 is 1. The van der Waals surface area contributed by atoms with E-state index in [1.165, 1.54) is 13.4 Å². The first kappa shape index (κ1) is 10.8. The fourth-order valence-corrected chi connectivity index (χ4v) is 2.19. The second-order valence-corrected chi connectivity index (χ2v) is 4.06. The van der Waals surface area contributed by atoms with Gasteiger partial charge in [0.1, 0.15) is 6.33 Å². The van der Waals surface area contributed by atoms with Crippen molar-refractivity contribution in [1.82, 2.24) is 24.8 Å². The van der Waals surface area contributed by atoms with Gasteiger partial charge in [0, 0.05) is 13.0 Å². The standard InChI is InChI=1S/C10H12N6O2/c1-18-9-7-8(13-4-14-9)16(10(11)15-7)5-2-6(17)12-3-5/h4-5H,2-3H2,1H3,(H2,11,15)(H,12,17). The summed E-state index contributed by atoms with van der Waals surface area (Å²) in [6.45, 7) is 0.529. The Bertz CT molecular complexity index is 622. The molecule has 1 saturated heterocycles. The van der Waals surface area contributed by atoms with E-state index in [1.807, 2.05) is 0 Å². The molecule has 0 radical (unpaired) electrons. The Labute approximate surface area is 102 Å². The van der Waals surface area contributed by atoms with Crippen molar-refractivity contribution in [1.29, 1.82) is 0 Å². The predicted octanol–water partition coefficient (Wildman–Crippen LogP) is -0.522. The molecule has 1 amide bonds. The van der Waals surface area contributed by atoms with Crippen molar-refractivity contribution < 1.29 is 9.53 Å². The molecule has 0 saturated carbocycles. The van der Waals surface area contributed by atoms with Crippen molar-refractivity contribution in [3.05, 3.63) is 6.33 Å². The highest BCUT2D eigenvalue weighted by molar-refractivity contribution is 5.82. The van der Waals surface area contributed by atoms with Gasteiger partial charge in [0.2, 0.25) is 17.7 Å². The van der Waals surface area contributed by atoms with Crippen molar-refractivity contribution >= 4 is 23.0 Å². The summed E-state index contributed by atoms with van der Waals surface area (Å²) >= 11 is 0. The molecule has 94 valence electrons. The number of ether oxygens (including phenoxy) is 1. The lowest BCUT2D eigenvalue weighted by atomic mass is 10.2. The number of hydrogen-bond donors (Lipinski definition) is 2. The van der Waals surface area contributed by atoms with E-state index >= 15 is 0 Å². The van der Waals surface area contributed by atoms with E-state index in [-0.39, 0.29) is 11.9 Å². The van der Waals surface area contributed by atoms with E-state index in [2.05, 4.69) is 20.3 Å². The van der Waals surface area contributed by atoms with Gasteiger partial charge in [0.25, 0.3) is 0 Å². The number of anilines is 1. The molecule has 0 spiro atoms. The van der Waals surface area contributed by atoms with Crippen LogP contribution in [0.15, 0.2) is 6.33 Å². The number of rotatable bonds is 2. The molecule has 2 aromatic rings. The second-order valence-electron chi connectivity index (χ2n) is 4.06. The minimum atomic E-state index is -0.0675. The SMILES string of the molecule is COc1ncnc2c1nc(N)n2C1CNC(=O)C1. The van der Waals surface area contributed by atoms with Crippen LogP contribution in [0.4, 0.5) is 5.95 Å². The maximum absolute atomic E-state index is 11.3. The van der Waals surface area contributed by atoms with Gasteiger partial charge in [-0.1, -0.05) is 0 Å². The third-order valence-electron chi connectivity index (χ3n) is 2.99. The molecule has 3 rings (SSSR count). The predicted molar refractivity (Wildman–Crippen MR) is 63.0 cm³/mol. The molecule has 1 aliphatic heterocycles. The van der Waals surface area contributed by atoms with Crippen LogP contribution in [0.5, 0.6) is 5.88 Å². The Morgan fingerprint density at radius 3 is 3.06 bits per heavy atom. The van der Waals surface area contributed by atoms with Crippen LogP contribution in [0, 0.1) is 0 Å². The summed E-state index contributed by atoms with van der Waals surface area (Å²) in [5.74, 6) is 0.690. The molecule has 1 atom stereocenters. The van der Waals surface area contributed by atoms with E-state index in [9.17, 15) is 4.79 Å². The zero-order valence-corrected chi connectivity index (χ0v) is 9.75. The van der Waals surface area contributed by atoms with Crippen molar-refractivity contribution in [2.75, 3.05) is 19.4 Å². The zero-order chi connectivity index (χ0) is 12.7. The second kappa shape index (κ2) is 3.83. The van der Waals surface area contributed by atoms with Crippen LogP contribution in [0.2, 0.25) is 0 Å². The average molecular weight is 248 g/mol. The smallest absolute Gasteiger partial charge is 0.245 e. The van der Waals surface area contributed by atoms with E-state index in [1.54, 1.807) is 4.57 Å². The summed E-state index contributed by atoms with van der Waals surface area (Å²) in [4.78, 5) is 23.6. The third kappa shape index (κ3) is 1.45. The number of nitrogens with zero attached hydrogens (tertiary/aromatic N) is 4. The molecular formula is C10H12N6O2. The highest BCUT2D eigenvalue weighted by Crippen LogP contribution is 2.28. The molecule has 8 nitrogen and oxygen atoms in total. The van der Waals surface area contributed by atoms with Gasteiger partial charge in [-0.2, -0.15) is 4.98 Å². The minimum absolute atomic E-state index is 0.00210. The highest BCUT2D eigenvalue weighted by atomic mass is 16.5. The third-order valence-corrected chi connectivity index (χ3v) is 2.99. The normalized spacial score (nSPS) is 19.2. The number of nitrogen functional groups attached to an aromatic ring is 1. The average Bonchev–Trinajstić information content (AvgIpc) is 2.91. The molecule has 1 fully saturated rings. The fourth-order valence-electron chi connectivity index (χ4n) is 2.19. The van der Waals surface area contributed by atoms with Crippen LogP contribution in [0.1, 0.15) is 12.5 Å². The maximum Gasteiger partial charge on any atom is 0.245 e. The lowest BCUT2D eigenvalue weighted by Gasteiger charge is -2.11. The van der Waals surface area contributed by atoms with E-state index in [0.717, 1.165) is 0 Å². The van der Waals surface area contributed by atoms with Gasteiger partial charge in [-0.05, 0) is 0 Å². The fraction of sp³-hybridized carbons (Fsp3) is 0.400. The van der Waals surface area contributed by atoms with Gasteiger partial charge in [0.15, 0.2) is 11.2 Å². The Morgan fingerprint density at radius 1 is 1.56 bits per heavy atom. The lowest BCUT2D eigenvalue weighted by Crippen LogP contribution is -2.16. The van der Waals surface area contributed by atoms with Gasteiger partial charge in [-0.15, -0.1) is 0 Å². The largest absolute Gasteiger partial charge is 0.479 e. The number of carbonyl (C=O) groups excluding carboxylic acids is 1. The van der Waals surface area contributed by atoms with Crippen LogP contribution >= 0.6 is 0 Å². The van der Waals surface area contributed by atoms with Crippen LogP contribution in [0.3, 0.4) is 0 Å².